The Balaban J connectivity index is 2.11. The summed E-state index contributed by atoms with van der Waals surface area (Å²) in [6, 6.07) is 0.0112. The third kappa shape index (κ3) is 3.16. The monoisotopic (exact) mass is 277 g/mol. The van der Waals surface area contributed by atoms with Crippen molar-refractivity contribution in [1.82, 2.24) is 14.7 Å². The maximum atomic E-state index is 9.32. The van der Waals surface area contributed by atoms with Crippen LogP contribution in [0.4, 0.5) is 0 Å². The van der Waals surface area contributed by atoms with Crippen molar-refractivity contribution >= 4 is 16.3 Å². The van der Waals surface area contributed by atoms with E-state index < -0.39 is 0 Å². The van der Waals surface area contributed by atoms with E-state index in [0.29, 0.717) is 13.0 Å². The molecule has 0 bridgehead atoms. The maximum absolute atomic E-state index is 9.32. The Hall–Kier alpha value is -1.35. The van der Waals surface area contributed by atoms with E-state index in [1.807, 2.05) is 13.8 Å². The van der Waals surface area contributed by atoms with E-state index in [0.717, 1.165) is 16.3 Å². The molecule has 0 aromatic carbocycles. The quantitative estimate of drug-likeness (QED) is 0.820. The zero-order chi connectivity index (χ0) is 13.8. The van der Waals surface area contributed by atoms with Gasteiger partial charge in [-0.15, -0.1) is 23.2 Å². The van der Waals surface area contributed by atoms with Crippen LogP contribution < -0.4 is 5.32 Å². The van der Waals surface area contributed by atoms with Crippen molar-refractivity contribution in [2.45, 2.75) is 39.8 Å². The second kappa shape index (κ2) is 6.20. The molecule has 5 heteroatoms. The first-order chi connectivity index (χ1) is 9.15. The molecule has 0 spiro atoms. The summed E-state index contributed by atoms with van der Waals surface area (Å²) < 4.78 is 2.13. The Morgan fingerprint density at radius 1 is 1.53 bits per heavy atom. The number of aliphatic hydroxyl groups is 1. The number of nitrogens with zero attached hydrogens (tertiary/aromatic N) is 2. The molecule has 0 radical (unpaired) electrons. The fourth-order valence-electron chi connectivity index (χ4n) is 1.99. The number of hydrogen-bond acceptors (Lipinski definition) is 4. The van der Waals surface area contributed by atoms with Crippen LogP contribution in [0.2, 0.25) is 0 Å². The Morgan fingerprint density at radius 3 is 3.00 bits per heavy atom. The molecule has 0 amide bonds. The molecule has 19 heavy (non-hydrogen) atoms. The highest BCUT2D eigenvalue weighted by Crippen LogP contribution is 2.20. The van der Waals surface area contributed by atoms with Gasteiger partial charge in [-0.25, -0.2) is 4.98 Å². The molecule has 4 nitrogen and oxygen atoms in total. The Bertz CT molecular complexity index is 618. The Kier molecular flexibility index (Phi) is 4.59. The van der Waals surface area contributed by atoms with Crippen LogP contribution in [0.3, 0.4) is 0 Å². The molecule has 1 atom stereocenters. The molecule has 2 rings (SSSR count). The van der Waals surface area contributed by atoms with Gasteiger partial charge in [-0.1, -0.05) is 0 Å². The van der Waals surface area contributed by atoms with Crippen LogP contribution in [-0.4, -0.2) is 27.1 Å². The first-order valence-corrected chi connectivity index (χ1v) is 7.15. The Morgan fingerprint density at radius 2 is 2.32 bits per heavy atom. The molecule has 0 saturated carbocycles. The van der Waals surface area contributed by atoms with Gasteiger partial charge in [-0.05, 0) is 20.8 Å². The van der Waals surface area contributed by atoms with Gasteiger partial charge >= 0.3 is 0 Å². The van der Waals surface area contributed by atoms with Gasteiger partial charge in [0.15, 0.2) is 4.96 Å². The highest BCUT2D eigenvalue weighted by molar-refractivity contribution is 7.17. The number of aromatic nitrogens is 2. The Labute approximate surface area is 117 Å². The summed E-state index contributed by atoms with van der Waals surface area (Å²) in [5, 5.41) is 12.7. The summed E-state index contributed by atoms with van der Waals surface area (Å²) in [5.41, 5.74) is 2.19. The van der Waals surface area contributed by atoms with E-state index in [9.17, 15) is 5.11 Å². The largest absolute Gasteiger partial charge is 0.395 e. The summed E-state index contributed by atoms with van der Waals surface area (Å²) >= 11 is 1.69. The number of rotatable bonds is 5. The minimum atomic E-state index is 0.0112. The molecule has 2 heterocycles. The van der Waals surface area contributed by atoms with Crippen molar-refractivity contribution in [3.8, 4) is 11.8 Å². The van der Waals surface area contributed by atoms with Crippen LogP contribution in [0.5, 0.6) is 0 Å². The molecular weight excluding hydrogens is 258 g/mol. The molecule has 0 fully saturated rings. The molecule has 0 unspecified atom stereocenters. The van der Waals surface area contributed by atoms with E-state index >= 15 is 0 Å². The average Bonchev–Trinajstić information content (AvgIpc) is 2.86. The van der Waals surface area contributed by atoms with Crippen LogP contribution in [0.25, 0.3) is 4.96 Å². The van der Waals surface area contributed by atoms with Crippen molar-refractivity contribution in [3.05, 3.63) is 22.5 Å². The van der Waals surface area contributed by atoms with Gasteiger partial charge in [-0.2, -0.15) is 0 Å². The van der Waals surface area contributed by atoms with Crippen LogP contribution in [0, 0.1) is 25.7 Å². The van der Waals surface area contributed by atoms with Crippen LogP contribution >= 0.6 is 11.3 Å². The number of thiazole rings is 1. The van der Waals surface area contributed by atoms with Crippen molar-refractivity contribution < 1.29 is 5.11 Å². The number of aliphatic hydroxyl groups excluding tert-OH is 1. The SMILES string of the molecule is CC#CC[C@@H](CO)NCc1c(C)nc2sc(C)cn12. The van der Waals surface area contributed by atoms with Gasteiger partial charge in [0.05, 0.1) is 18.0 Å². The van der Waals surface area contributed by atoms with Gasteiger partial charge in [0.2, 0.25) is 0 Å². The molecule has 0 aliphatic heterocycles. The standard InChI is InChI=1S/C14H19N3OS/c1-4-5-6-12(9-18)15-7-13-11(3)16-14-17(13)8-10(2)19-14/h8,12,15,18H,6-7,9H2,1-3H3/t12-/m0/s1. The van der Waals surface area contributed by atoms with E-state index in [1.165, 1.54) is 4.88 Å². The normalized spacial score (nSPS) is 12.4. The highest BCUT2D eigenvalue weighted by Gasteiger charge is 2.12. The molecule has 2 N–H and O–H groups in total. The lowest BCUT2D eigenvalue weighted by atomic mass is 10.2. The zero-order valence-electron chi connectivity index (χ0n) is 11.5. The summed E-state index contributed by atoms with van der Waals surface area (Å²) in [6.07, 6.45) is 2.77. The predicted molar refractivity (Wildman–Crippen MR) is 78.3 cm³/mol. The molecule has 2 aromatic rings. The minimum absolute atomic E-state index is 0.0112. The maximum Gasteiger partial charge on any atom is 0.194 e. The van der Waals surface area contributed by atoms with E-state index in [1.54, 1.807) is 11.3 Å². The van der Waals surface area contributed by atoms with Gasteiger partial charge in [0, 0.05) is 30.1 Å². The van der Waals surface area contributed by atoms with Gasteiger partial charge in [0.1, 0.15) is 0 Å². The van der Waals surface area contributed by atoms with Crippen molar-refractivity contribution in [2.75, 3.05) is 6.61 Å². The fraction of sp³-hybridized carbons (Fsp3) is 0.500. The molecule has 0 saturated heterocycles. The zero-order valence-corrected chi connectivity index (χ0v) is 12.3. The lowest BCUT2D eigenvalue weighted by Crippen LogP contribution is -2.32. The van der Waals surface area contributed by atoms with Crippen LogP contribution in [0.15, 0.2) is 6.20 Å². The lowest BCUT2D eigenvalue weighted by molar-refractivity contribution is 0.243. The van der Waals surface area contributed by atoms with Crippen molar-refractivity contribution in [2.24, 2.45) is 0 Å². The lowest BCUT2D eigenvalue weighted by Gasteiger charge is -2.13. The number of imidazole rings is 1. The van der Waals surface area contributed by atoms with E-state index in [-0.39, 0.29) is 12.6 Å². The molecular formula is C14H19N3OS. The van der Waals surface area contributed by atoms with Crippen LogP contribution in [0.1, 0.15) is 29.6 Å². The second-order valence-electron chi connectivity index (χ2n) is 4.53. The van der Waals surface area contributed by atoms with E-state index in [4.69, 9.17) is 0 Å². The minimum Gasteiger partial charge on any atom is -0.395 e. The summed E-state index contributed by atoms with van der Waals surface area (Å²) in [4.78, 5) is 6.83. The predicted octanol–water partition coefficient (Wildman–Crippen LogP) is 1.88. The fourth-order valence-corrected chi connectivity index (χ4v) is 2.88. The van der Waals surface area contributed by atoms with Gasteiger partial charge in [-0.3, -0.25) is 4.40 Å². The summed E-state index contributed by atoms with van der Waals surface area (Å²) in [7, 11) is 0. The smallest absolute Gasteiger partial charge is 0.194 e. The molecule has 102 valence electrons. The first-order valence-electron chi connectivity index (χ1n) is 6.33. The third-order valence-electron chi connectivity index (χ3n) is 3.04. The molecule has 0 aliphatic carbocycles. The average molecular weight is 277 g/mol. The number of hydrogen-bond donors (Lipinski definition) is 2. The molecule has 2 aromatic heterocycles. The summed E-state index contributed by atoms with van der Waals surface area (Å²) in [6.45, 7) is 6.70. The van der Waals surface area contributed by atoms with Crippen LogP contribution in [-0.2, 0) is 6.54 Å². The van der Waals surface area contributed by atoms with E-state index in [2.05, 4.69) is 39.7 Å². The van der Waals surface area contributed by atoms with Crippen molar-refractivity contribution in [1.29, 1.82) is 0 Å². The van der Waals surface area contributed by atoms with Gasteiger partial charge in [0.25, 0.3) is 0 Å². The third-order valence-corrected chi connectivity index (χ3v) is 3.94. The number of nitrogens with one attached hydrogen (secondary N) is 1. The second-order valence-corrected chi connectivity index (χ2v) is 5.74. The first kappa shape index (κ1) is 14.1. The highest BCUT2D eigenvalue weighted by atomic mass is 32.1. The number of fused-ring (bicyclic) bond motifs is 1. The number of aryl methyl sites for hydroxylation is 2. The molecule has 0 aliphatic rings. The van der Waals surface area contributed by atoms with Gasteiger partial charge < -0.3 is 10.4 Å². The summed E-state index contributed by atoms with van der Waals surface area (Å²) in [5.74, 6) is 5.85. The van der Waals surface area contributed by atoms with Crippen molar-refractivity contribution in [3.63, 3.8) is 0 Å². The topological polar surface area (TPSA) is 49.6 Å².